The first kappa shape index (κ1) is 16.9. The van der Waals surface area contributed by atoms with Crippen LogP contribution in [-0.4, -0.2) is 42.1 Å². The molecule has 2 unspecified atom stereocenters. The van der Waals surface area contributed by atoms with Crippen LogP contribution in [0.5, 0.6) is 0 Å². The minimum atomic E-state index is 0.0881. The summed E-state index contributed by atoms with van der Waals surface area (Å²) in [6, 6.07) is 11.6. The first-order valence-corrected chi connectivity index (χ1v) is 9.47. The molecule has 0 saturated carbocycles. The highest BCUT2D eigenvalue weighted by molar-refractivity contribution is 7.99. The lowest BCUT2D eigenvalue weighted by molar-refractivity contribution is 0.0836. The van der Waals surface area contributed by atoms with E-state index in [9.17, 15) is 0 Å². The molecule has 2 rings (SSSR count). The van der Waals surface area contributed by atoms with E-state index in [2.05, 4.69) is 73.1 Å². The minimum absolute atomic E-state index is 0.0881. The molecule has 0 aliphatic carbocycles. The maximum absolute atomic E-state index is 3.80. The van der Waals surface area contributed by atoms with Gasteiger partial charge >= 0.3 is 0 Å². The molecule has 1 heterocycles. The normalized spacial score (nSPS) is 26.9. The Morgan fingerprint density at radius 2 is 2.05 bits per heavy atom. The van der Waals surface area contributed by atoms with Gasteiger partial charge < -0.3 is 5.32 Å². The SMILES string of the molecule is CCSCCCN1CC(C)(c2ccccc2)NCC1CC. The highest BCUT2D eigenvalue weighted by Crippen LogP contribution is 2.27. The molecule has 1 aromatic rings. The topological polar surface area (TPSA) is 15.3 Å². The number of nitrogens with one attached hydrogen (secondary N) is 1. The Balaban J connectivity index is 2.00. The van der Waals surface area contributed by atoms with Crippen molar-refractivity contribution in [3.8, 4) is 0 Å². The van der Waals surface area contributed by atoms with Crippen LogP contribution in [0.2, 0.25) is 0 Å². The van der Waals surface area contributed by atoms with Gasteiger partial charge in [-0.2, -0.15) is 11.8 Å². The minimum Gasteiger partial charge on any atom is -0.305 e. The van der Waals surface area contributed by atoms with Crippen molar-refractivity contribution in [1.29, 1.82) is 0 Å². The van der Waals surface area contributed by atoms with E-state index < -0.39 is 0 Å². The summed E-state index contributed by atoms with van der Waals surface area (Å²) in [5.74, 6) is 2.53. The highest BCUT2D eigenvalue weighted by atomic mass is 32.2. The van der Waals surface area contributed by atoms with E-state index in [1.165, 1.54) is 36.5 Å². The highest BCUT2D eigenvalue weighted by Gasteiger charge is 2.35. The molecule has 1 fully saturated rings. The smallest absolute Gasteiger partial charge is 0.0535 e. The van der Waals surface area contributed by atoms with Crippen molar-refractivity contribution in [3.05, 3.63) is 35.9 Å². The summed E-state index contributed by atoms with van der Waals surface area (Å²) in [6.07, 6.45) is 2.54. The summed E-state index contributed by atoms with van der Waals surface area (Å²) in [7, 11) is 0. The second-order valence-corrected chi connectivity index (χ2v) is 7.56. The van der Waals surface area contributed by atoms with Crippen molar-refractivity contribution < 1.29 is 0 Å². The van der Waals surface area contributed by atoms with Crippen LogP contribution in [0.1, 0.15) is 39.2 Å². The van der Waals surface area contributed by atoms with Gasteiger partial charge in [0, 0.05) is 19.1 Å². The summed E-state index contributed by atoms with van der Waals surface area (Å²) in [4.78, 5) is 2.71. The Hall–Kier alpha value is -0.510. The number of rotatable bonds is 7. The Kier molecular flexibility index (Phi) is 6.59. The third-order valence-electron chi connectivity index (χ3n) is 4.58. The first-order valence-electron chi connectivity index (χ1n) is 8.32. The lowest BCUT2D eigenvalue weighted by Crippen LogP contribution is -2.61. The fraction of sp³-hybridized carbons (Fsp3) is 0.667. The molecule has 0 radical (unpaired) electrons. The van der Waals surface area contributed by atoms with E-state index in [-0.39, 0.29) is 5.54 Å². The van der Waals surface area contributed by atoms with Crippen molar-refractivity contribution in [3.63, 3.8) is 0 Å². The lowest BCUT2D eigenvalue weighted by atomic mass is 9.87. The molecule has 21 heavy (non-hydrogen) atoms. The molecule has 0 spiro atoms. The standard InChI is InChI=1S/C18H30N2S/c1-4-17-14-19-18(3,16-10-7-6-8-11-16)15-20(17)12-9-13-21-5-2/h6-8,10-11,17,19H,4-5,9,12-15H2,1-3H3. The van der Waals surface area contributed by atoms with Gasteiger partial charge in [0.2, 0.25) is 0 Å². The summed E-state index contributed by atoms with van der Waals surface area (Å²) in [5, 5.41) is 3.80. The van der Waals surface area contributed by atoms with Gasteiger partial charge in [-0.25, -0.2) is 0 Å². The van der Waals surface area contributed by atoms with Crippen molar-refractivity contribution in [2.24, 2.45) is 0 Å². The van der Waals surface area contributed by atoms with Crippen LogP contribution in [0.3, 0.4) is 0 Å². The molecule has 118 valence electrons. The average molecular weight is 307 g/mol. The van der Waals surface area contributed by atoms with Crippen LogP contribution in [-0.2, 0) is 5.54 Å². The summed E-state index contributed by atoms with van der Waals surface area (Å²) >= 11 is 2.06. The largest absolute Gasteiger partial charge is 0.305 e. The molecule has 2 nitrogen and oxygen atoms in total. The Labute approximate surface area is 134 Å². The van der Waals surface area contributed by atoms with E-state index in [4.69, 9.17) is 0 Å². The monoisotopic (exact) mass is 306 g/mol. The Bertz CT molecular complexity index is 409. The van der Waals surface area contributed by atoms with Gasteiger partial charge in [0.25, 0.3) is 0 Å². The van der Waals surface area contributed by atoms with Crippen molar-refractivity contribution in [2.75, 3.05) is 31.1 Å². The van der Waals surface area contributed by atoms with Crippen LogP contribution < -0.4 is 5.32 Å². The molecule has 0 bridgehead atoms. The fourth-order valence-electron chi connectivity index (χ4n) is 3.24. The maximum Gasteiger partial charge on any atom is 0.0535 e. The Morgan fingerprint density at radius 3 is 2.71 bits per heavy atom. The van der Waals surface area contributed by atoms with Crippen LogP contribution in [0.4, 0.5) is 0 Å². The molecular formula is C18H30N2S. The van der Waals surface area contributed by atoms with Crippen LogP contribution in [0.25, 0.3) is 0 Å². The molecule has 1 aliphatic heterocycles. The molecular weight excluding hydrogens is 276 g/mol. The number of hydrogen-bond donors (Lipinski definition) is 1. The van der Waals surface area contributed by atoms with Gasteiger partial charge in [-0.15, -0.1) is 0 Å². The number of hydrogen-bond acceptors (Lipinski definition) is 3. The molecule has 1 aliphatic rings. The average Bonchev–Trinajstić information content (AvgIpc) is 2.53. The zero-order valence-corrected chi connectivity index (χ0v) is 14.6. The Morgan fingerprint density at radius 1 is 1.29 bits per heavy atom. The second-order valence-electron chi connectivity index (χ2n) is 6.16. The van der Waals surface area contributed by atoms with E-state index in [1.807, 2.05) is 0 Å². The van der Waals surface area contributed by atoms with Gasteiger partial charge in [0.1, 0.15) is 0 Å². The van der Waals surface area contributed by atoms with E-state index in [1.54, 1.807) is 0 Å². The number of thioether (sulfide) groups is 1. The third-order valence-corrected chi connectivity index (χ3v) is 5.57. The molecule has 3 heteroatoms. The third kappa shape index (κ3) is 4.48. The van der Waals surface area contributed by atoms with Gasteiger partial charge in [-0.1, -0.05) is 44.2 Å². The summed E-state index contributed by atoms with van der Waals surface area (Å²) in [6.45, 7) is 10.4. The van der Waals surface area contributed by atoms with Gasteiger partial charge in [0.15, 0.2) is 0 Å². The zero-order chi connectivity index (χ0) is 15.1. The fourth-order valence-corrected chi connectivity index (χ4v) is 3.86. The molecule has 1 N–H and O–H groups in total. The first-order chi connectivity index (χ1) is 10.2. The van der Waals surface area contributed by atoms with Crippen molar-refractivity contribution in [2.45, 2.75) is 45.2 Å². The van der Waals surface area contributed by atoms with E-state index in [0.29, 0.717) is 6.04 Å². The quantitative estimate of drug-likeness (QED) is 0.773. The molecule has 2 atom stereocenters. The van der Waals surface area contributed by atoms with E-state index in [0.717, 1.165) is 13.1 Å². The summed E-state index contributed by atoms with van der Waals surface area (Å²) < 4.78 is 0. The van der Waals surface area contributed by atoms with Crippen LogP contribution >= 0.6 is 11.8 Å². The summed E-state index contributed by atoms with van der Waals surface area (Å²) in [5.41, 5.74) is 1.50. The lowest BCUT2D eigenvalue weighted by Gasteiger charge is -2.46. The maximum atomic E-state index is 3.80. The van der Waals surface area contributed by atoms with Gasteiger partial charge in [-0.05, 0) is 43.4 Å². The second kappa shape index (κ2) is 8.21. The van der Waals surface area contributed by atoms with Crippen molar-refractivity contribution >= 4 is 11.8 Å². The predicted octanol–water partition coefficient (Wildman–Crippen LogP) is 3.73. The molecule has 0 aromatic heterocycles. The van der Waals surface area contributed by atoms with Crippen LogP contribution in [0.15, 0.2) is 30.3 Å². The van der Waals surface area contributed by atoms with Gasteiger partial charge in [-0.3, -0.25) is 4.90 Å². The zero-order valence-electron chi connectivity index (χ0n) is 13.8. The van der Waals surface area contributed by atoms with Gasteiger partial charge in [0.05, 0.1) is 5.54 Å². The number of benzene rings is 1. The predicted molar refractivity (Wildman–Crippen MR) is 95.1 cm³/mol. The molecule has 1 aromatic carbocycles. The number of nitrogens with zero attached hydrogens (tertiary/aromatic N) is 1. The molecule has 1 saturated heterocycles. The van der Waals surface area contributed by atoms with Crippen molar-refractivity contribution in [1.82, 2.24) is 10.2 Å². The molecule has 0 amide bonds. The van der Waals surface area contributed by atoms with E-state index >= 15 is 0 Å². The number of piperazine rings is 1. The van der Waals surface area contributed by atoms with Crippen LogP contribution in [0, 0.1) is 0 Å².